The maximum atomic E-state index is 12.1. The Morgan fingerprint density at radius 1 is 1.12 bits per heavy atom. The van der Waals surface area contributed by atoms with Crippen LogP contribution in [0.25, 0.3) is 6.08 Å². The highest BCUT2D eigenvalue weighted by Crippen LogP contribution is 2.25. The van der Waals surface area contributed by atoms with Crippen molar-refractivity contribution in [1.29, 1.82) is 0 Å². The van der Waals surface area contributed by atoms with Gasteiger partial charge < -0.3 is 29.2 Å². The molecule has 1 fully saturated rings. The van der Waals surface area contributed by atoms with Crippen molar-refractivity contribution in [2.24, 2.45) is 0 Å². The molecule has 0 aliphatic carbocycles. The van der Waals surface area contributed by atoms with Gasteiger partial charge in [0, 0.05) is 13.0 Å². The molecule has 8 heteroatoms. The molecule has 1 heterocycles. The smallest absolute Gasteiger partial charge is 0.331 e. The standard InChI is InChI=1S/C18H22O8/c1-10-15(21)16(17(18(22)24-10)25-11(2)19)26-14(20)9-6-12-4-7-13(23-3)8-5-12/h4-10,15-18,21-22H,1-3H3/b9-6-/t10-,15+,16-,17+,18+/m0/s1. The lowest BCUT2D eigenvalue weighted by molar-refractivity contribution is -0.284. The second-order valence-electron chi connectivity index (χ2n) is 5.80. The molecule has 0 unspecified atom stereocenters. The maximum absolute atomic E-state index is 12.1. The topological polar surface area (TPSA) is 112 Å². The van der Waals surface area contributed by atoms with Crippen LogP contribution in [-0.2, 0) is 23.8 Å². The Morgan fingerprint density at radius 3 is 2.35 bits per heavy atom. The van der Waals surface area contributed by atoms with Crippen molar-refractivity contribution in [3.63, 3.8) is 0 Å². The third-order valence-corrected chi connectivity index (χ3v) is 3.86. The summed E-state index contributed by atoms with van der Waals surface area (Å²) in [7, 11) is 1.55. The molecule has 0 bridgehead atoms. The van der Waals surface area contributed by atoms with Crippen LogP contribution in [0.1, 0.15) is 19.4 Å². The highest BCUT2D eigenvalue weighted by Gasteiger charge is 2.47. The number of rotatable bonds is 5. The second-order valence-corrected chi connectivity index (χ2v) is 5.80. The molecule has 2 rings (SSSR count). The first-order chi connectivity index (χ1) is 12.3. The van der Waals surface area contributed by atoms with E-state index in [1.807, 2.05) is 0 Å². The fourth-order valence-electron chi connectivity index (χ4n) is 2.51. The highest BCUT2D eigenvalue weighted by molar-refractivity contribution is 5.87. The van der Waals surface area contributed by atoms with E-state index in [2.05, 4.69) is 0 Å². The van der Waals surface area contributed by atoms with Crippen LogP contribution in [0, 0.1) is 0 Å². The molecule has 26 heavy (non-hydrogen) atoms. The normalized spacial score (nSPS) is 28.6. The lowest BCUT2D eigenvalue weighted by Gasteiger charge is -2.40. The molecule has 8 nitrogen and oxygen atoms in total. The minimum absolute atomic E-state index is 0.683. The van der Waals surface area contributed by atoms with Gasteiger partial charge in [-0.05, 0) is 30.7 Å². The molecule has 2 N–H and O–H groups in total. The maximum Gasteiger partial charge on any atom is 0.331 e. The van der Waals surface area contributed by atoms with Gasteiger partial charge in [-0.15, -0.1) is 0 Å². The minimum Gasteiger partial charge on any atom is -0.497 e. The van der Waals surface area contributed by atoms with Crippen LogP contribution >= 0.6 is 0 Å². The first-order valence-corrected chi connectivity index (χ1v) is 8.03. The summed E-state index contributed by atoms with van der Waals surface area (Å²) in [6, 6.07) is 6.98. The summed E-state index contributed by atoms with van der Waals surface area (Å²) in [6.07, 6.45) is -3.47. The minimum atomic E-state index is -1.51. The molecule has 0 amide bonds. The van der Waals surface area contributed by atoms with E-state index < -0.39 is 42.6 Å². The van der Waals surface area contributed by atoms with Crippen LogP contribution in [0.5, 0.6) is 5.75 Å². The van der Waals surface area contributed by atoms with Crippen molar-refractivity contribution in [1.82, 2.24) is 0 Å². The molecule has 0 spiro atoms. The number of carbonyl (C=O) groups is 2. The van der Waals surface area contributed by atoms with Crippen LogP contribution in [0.15, 0.2) is 30.3 Å². The molecule has 1 aliphatic heterocycles. The SMILES string of the molecule is COc1ccc(/C=C\C(=O)O[C@H]2[C@H](O)[C@H](C)O[C@@H](O)[C@@H]2OC(C)=O)cc1. The fourth-order valence-corrected chi connectivity index (χ4v) is 2.51. The molecule has 5 atom stereocenters. The van der Waals surface area contributed by atoms with Gasteiger partial charge in [0.1, 0.15) is 11.9 Å². The number of hydrogen-bond donors (Lipinski definition) is 2. The quantitative estimate of drug-likeness (QED) is 0.577. The van der Waals surface area contributed by atoms with E-state index in [4.69, 9.17) is 18.9 Å². The van der Waals surface area contributed by atoms with Crippen molar-refractivity contribution in [3.8, 4) is 5.75 Å². The Morgan fingerprint density at radius 2 is 1.77 bits per heavy atom. The third-order valence-electron chi connectivity index (χ3n) is 3.86. The summed E-state index contributed by atoms with van der Waals surface area (Å²) in [4.78, 5) is 23.3. The molecule has 0 radical (unpaired) electrons. The summed E-state index contributed by atoms with van der Waals surface area (Å²) in [5.41, 5.74) is 0.736. The molecule has 142 valence electrons. The number of benzene rings is 1. The summed E-state index contributed by atoms with van der Waals surface area (Å²) < 4.78 is 20.3. The highest BCUT2D eigenvalue weighted by atomic mass is 16.7. The Hall–Kier alpha value is -2.42. The van der Waals surface area contributed by atoms with Crippen molar-refractivity contribution in [2.75, 3.05) is 7.11 Å². The van der Waals surface area contributed by atoms with Crippen LogP contribution in [-0.4, -0.2) is 60.0 Å². The van der Waals surface area contributed by atoms with E-state index >= 15 is 0 Å². The molecule has 1 aromatic rings. The lowest BCUT2D eigenvalue weighted by atomic mass is 9.99. The van der Waals surface area contributed by atoms with E-state index in [0.29, 0.717) is 5.75 Å². The van der Waals surface area contributed by atoms with Gasteiger partial charge in [-0.25, -0.2) is 4.79 Å². The first kappa shape index (κ1) is 19.9. The van der Waals surface area contributed by atoms with Gasteiger partial charge in [0.15, 0.2) is 18.5 Å². The van der Waals surface area contributed by atoms with E-state index in [1.54, 1.807) is 31.4 Å². The van der Waals surface area contributed by atoms with Crippen LogP contribution < -0.4 is 4.74 Å². The van der Waals surface area contributed by atoms with E-state index in [1.165, 1.54) is 19.1 Å². The van der Waals surface area contributed by atoms with Crippen molar-refractivity contribution in [2.45, 2.75) is 44.6 Å². The average Bonchev–Trinajstić information content (AvgIpc) is 2.61. The van der Waals surface area contributed by atoms with Gasteiger partial charge in [0.05, 0.1) is 13.2 Å². The molecular weight excluding hydrogens is 344 g/mol. The number of aliphatic hydroxyl groups excluding tert-OH is 2. The molecule has 0 aromatic heterocycles. The predicted molar refractivity (Wildman–Crippen MR) is 90.0 cm³/mol. The third kappa shape index (κ3) is 5.04. The van der Waals surface area contributed by atoms with Crippen molar-refractivity contribution < 1.29 is 38.7 Å². The summed E-state index contributed by atoms with van der Waals surface area (Å²) in [5.74, 6) is -0.778. The Kier molecular flexibility index (Phi) is 6.73. The van der Waals surface area contributed by atoms with Crippen LogP contribution in [0.4, 0.5) is 0 Å². The Bertz CT molecular complexity index is 654. The van der Waals surface area contributed by atoms with Crippen LogP contribution in [0.2, 0.25) is 0 Å². The summed E-state index contributed by atoms with van der Waals surface area (Å²) in [5, 5.41) is 20.1. The van der Waals surface area contributed by atoms with Crippen molar-refractivity contribution >= 4 is 18.0 Å². The number of methoxy groups -OCH3 is 1. The molecule has 1 aromatic carbocycles. The van der Waals surface area contributed by atoms with E-state index in [9.17, 15) is 19.8 Å². The van der Waals surface area contributed by atoms with Gasteiger partial charge in [0.25, 0.3) is 0 Å². The second kappa shape index (κ2) is 8.79. The predicted octanol–water partition coefficient (Wildman–Crippen LogP) is 0.650. The lowest BCUT2D eigenvalue weighted by Crippen LogP contribution is -2.59. The number of carbonyl (C=O) groups excluding carboxylic acids is 2. The fraction of sp³-hybridized carbons (Fsp3) is 0.444. The number of ether oxygens (including phenoxy) is 4. The van der Waals surface area contributed by atoms with Crippen molar-refractivity contribution in [3.05, 3.63) is 35.9 Å². The largest absolute Gasteiger partial charge is 0.497 e. The Balaban J connectivity index is 2.07. The number of hydrogen-bond acceptors (Lipinski definition) is 8. The molecule has 1 aliphatic rings. The van der Waals surface area contributed by atoms with E-state index in [0.717, 1.165) is 12.5 Å². The van der Waals surface area contributed by atoms with Gasteiger partial charge in [-0.3, -0.25) is 4.79 Å². The van der Waals surface area contributed by atoms with E-state index in [-0.39, 0.29) is 0 Å². The number of esters is 2. The summed E-state index contributed by atoms with van der Waals surface area (Å²) in [6.45, 7) is 2.64. The zero-order valence-corrected chi connectivity index (χ0v) is 14.7. The monoisotopic (exact) mass is 366 g/mol. The molecule has 0 saturated carbocycles. The number of aliphatic hydroxyl groups is 2. The summed E-state index contributed by atoms with van der Waals surface area (Å²) >= 11 is 0. The molecule has 1 saturated heterocycles. The molecular formula is C18H22O8. The van der Waals surface area contributed by atoms with Gasteiger partial charge in [-0.2, -0.15) is 0 Å². The van der Waals surface area contributed by atoms with Crippen LogP contribution in [0.3, 0.4) is 0 Å². The zero-order valence-electron chi connectivity index (χ0n) is 14.7. The van der Waals surface area contributed by atoms with Gasteiger partial charge in [0.2, 0.25) is 0 Å². The van der Waals surface area contributed by atoms with Gasteiger partial charge >= 0.3 is 11.9 Å². The first-order valence-electron chi connectivity index (χ1n) is 8.03. The zero-order chi connectivity index (χ0) is 19.3. The Labute approximate surface area is 150 Å². The average molecular weight is 366 g/mol. The van der Waals surface area contributed by atoms with Gasteiger partial charge in [-0.1, -0.05) is 12.1 Å².